The number of benzene rings is 1. The summed E-state index contributed by atoms with van der Waals surface area (Å²) in [6.07, 6.45) is 0. The molecule has 0 bridgehead atoms. The molecule has 1 aliphatic heterocycles. The number of fused-ring (bicyclic) bond motifs is 1. The highest BCUT2D eigenvalue weighted by atomic mass is 16.4. The Morgan fingerprint density at radius 1 is 1.42 bits per heavy atom. The van der Waals surface area contributed by atoms with E-state index in [2.05, 4.69) is 32.0 Å². The molecule has 0 radical (unpaired) electrons. The van der Waals surface area contributed by atoms with Crippen molar-refractivity contribution in [2.45, 2.75) is 26.4 Å². The van der Waals surface area contributed by atoms with Crippen LogP contribution in [0.1, 0.15) is 30.9 Å². The maximum absolute atomic E-state index is 5.41. The molecule has 62 valence electrons. The fraction of sp³-hybridized carbons (Fsp3) is 0.400. The van der Waals surface area contributed by atoms with E-state index < -0.39 is 0 Å². The Morgan fingerprint density at radius 3 is 3.00 bits per heavy atom. The molecular formula is C10H13BO. The smallest absolute Gasteiger partial charge is 0.309 e. The maximum atomic E-state index is 5.41. The van der Waals surface area contributed by atoms with Crippen molar-refractivity contribution in [3.63, 3.8) is 0 Å². The summed E-state index contributed by atoms with van der Waals surface area (Å²) in [6.45, 7) is 5.27. The standard InChI is InChI=1S/C10H13BO/c1-7(2)8-4-3-5-10-9(8)6-12-11-10/h3-5,7,11H,6H2,1-2H3. The van der Waals surface area contributed by atoms with Crippen LogP contribution in [0.2, 0.25) is 0 Å². The van der Waals surface area contributed by atoms with Crippen LogP contribution in [0.4, 0.5) is 0 Å². The Balaban J connectivity index is 2.49. The van der Waals surface area contributed by atoms with Gasteiger partial charge in [0.05, 0.1) is 6.61 Å². The lowest BCUT2D eigenvalue weighted by atomic mass is 9.83. The summed E-state index contributed by atoms with van der Waals surface area (Å²) >= 11 is 0. The first kappa shape index (κ1) is 7.87. The first-order chi connectivity index (χ1) is 5.79. The second-order valence-corrected chi connectivity index (χ2v) is 3.63. The fourth-order valence-electron chi connectivity index (χ4n) is 1.77. The molecule has 1 aliphatic rings. The first-order valence-electron chi connectivity index (χ1n) is 4.47. The van der Waals surface area contributed by atoms with E-state index in [-0.39, 0.29) is 0 Å². The largest absolute Gasteiger partial charge is 0.430 e. The highest BCUT2D eigenvalue weighted by molar-refractivity contribution is 6.48. The fourth-order valence-corrected chi connectivity index (χ4v) is 1.77. The molecule has 0 spiro atoms. The summed E-state index contributed by atoms with van der Waals surface area (Å²) in [7, 11) is 0.801. The lowest BCUT2D eigenvalue weighted by molar-refractivity contribution is 0.343. The highest BCUT2D eigenvalue weighted by Crippen LogP contribution is 2.20. The molecule has 0 aliphatic carbocycles. The van der Waals surface area contributed by atoms with E-state index in [0.29, 0.717) is 5.92 Å². The van der Waals surface area contributed by atoms with Gasteiger partial charge in [-0.05, 0) is 22.5 Å². The van der Waals surface area contributed by atoms with Gasteiger partial charge in [-0.2, -0.15) is 0 Å². The van der Waals surface area contributed by atoms with Crippen molar-refractivity contribution in [3.8, 4) is 0 Å². The molecule has 1 aromatic rings. The predicted molar refractivity (Wildman–Crippen MR) is 52.1 cm³/mol. The monoisotopic (exact) mass is 160 g/mol. The van der Waals surface area contributed by atoms with Crippen molar-refractivity contribution in [1.29, 1.82) is 0 Å². The second-order valence-electron chi connectivity index (χ2n) is 3.63. The van der Waals surface area contributed by atoms with Gasteiger partial charge < -0.3 is 4.65 Å². The van der Waals surface area contributed by atoms with Crippen LogP contribution < -0.4 is 5.46 Å². The zero-order valence-electron chi connectivity index (χ0n) is 7.63. The van der Waals surface area contributed by atoms with Crippen molar-refractivity contribution >= 4 is 12.9 Å². The molecule has 0 N–H and O–H groups in total. The summed E-state index contributed by atoms with van der Waals surface area (Å²) in [4.78, 5) is 0. The minimum Gasteiger partial charge on any atom is -0.430 e. The lowest BCUT2D eigenvalue weighted by Crippen LogP contribution is -2.12. The molecule has 0 fully saturated rings. The van der Waals surface area contributed by atoms with Crippen molar-refractivity contribution in [2.24, 2.45) is 0 Å². The van der Waals surface area contributed by atoms with Gasteiger partial charge in [0.1, 0.15) is 0 Å². The van der Waals surface area contributed by atoms with Gasteiger partial charge in [0.25, 0.3) is 0 Å². The highest BCUT2D eigenvalue weighted by Gasteiger charge is 2.17. The minimum absolute atomic E-state index is 0.613. The van der Waals surface area contributed by atoms with E-state index in [1.807, 2.05) is 0 Å². The Hall–Kier alpha value is -0.755. The van der Waals surface area contributed by atoms with Crippen LogP contribution in [-0.4, -0.2) is 7.48 Å². The molecule has 12 heavy (non-hydrogen) atoms. The molecule has 0 aromatic heterocycles. The summed E-state index contributed by atoms with van der Waals surface area (Å²) in [5, 5.41) is 0. The third-order valence-electron chi connectivity index (χ3n) is 2.44. The molecular weight excluding hydrogens is 147 g/mol. The third-order valence-corrected chi connectivity index (χ3v) is 2.44. The van der Waals surface area contributed by atoms with Crippen LogP contribution in [0.25, 0.3) is 0 Å². The minimum atomic E-state index is 0.613. The molecule has 0 saturated carbocycles. The third kappa shape index (κ3) is 1.16. The van der Waals surface area contributed by atoms with Gasteiger partial charge in [-0.3, -0.25) is 0 Å². The van der Waals surface area contributed by atoms with Crippen LogP contribution >= 0.6 is 0 Å². The molecule has 1 nitrogen and oxygen atoms in total. The molecule has 2 rings (SSSR count). The summed E-state index contributed by atoms with van der Waals surface area (Å²) in [6, 6.07) is 6.50. The van der Waals surface area contributed by atoms with E-state index in [1.54, 1.807) is 0 Å². The first-order valence-corrected chi connectivity index (χ1v) is 4.47. The number of rotatable bonds is 1. The van der Waals surface area contributed by atoms with Crippen LogP contribution in [0.15, 0.2) is 18.2 Å². The summed E-state index contributed by atoms with van der Waals surface area (Å²) in [5.41, 5.74) is 4.25. The van der Waals surface area contributed by atoms with Crippen molar-refractivity contribution in [1.82, 2.24) is 0 Å². The van der Waals surface area contributed by atoms with Crippen LogP contribution in [-0.2, 0) is 11.3 Å². The number of hydrogen-bond donors (Lipinski definition) is 0. The molecule has 2 heteroatoms. The topological polar surface area (TPSA) is 9.23 Å². The van der Waals surface area contributed by atoms with E-state index in [4.69, 9.17) is 4.65 Å². The van der Waals surface area contributed by atoms with Gasteiger partial charge in [0.2, 0.25) is 0 Å². The predicted octanol–water partition coefficient (Wildman–Crippen LogP) is 1.32. The average molecular weight is 160 g/mol. The van der Waals surface area contributed by atoms with Gasteiger partial charge >= 0.3 is 7.48 Å². The van der Waals surface area contributed by atoms with E-state index in [1.165, 1.54) is 16.6 Å². The zero-order chi connectivity index (χ0) is 8.55. The molecule has 1 aromatic carbocycles. The molecule has 0 amide bonds. The van der Waals surface area contributed by atoms with E-state index >= 15 is 0 Å². The zero-order valence-corrected chi connectivity index (χ0v) is 7.63. The molecule has 0 saturated heterocycles. The molecule has 1 heterocycles. The lowest BCUT2D eigenvalue weighted by Gasteiger charge is -2.10. The maximum Gasteiger partial charge on any atom is 0.309 e. The Morgan fingerprint density at radius 2 is 2.25 bits per heavy atom. The van der Waals surface area contributed by atoms with Crippen molar-refractivity contribution in [2.75, 3.05) is 0 Å². The second kappa shape index (κ2) is 2.94. The van der Waals surface area contributed by atoms with Crippen molar-refractivity contribution in [3.05, 3.63) is 29.3 Å². The molecule has 0 atom stereocenters. The Labute approximate surface area is 74.0 Å². The summed E-state index contributed by atoms with van der Waals surface area (Å²) < 4.78 is 5.41. The van der Waals surface area contributed by atoms with E-state index in [0.717, 1.165) is 14.1 Å². The van der Waals surface area contributed by atoms with Gasteiger partial charge in [0, 0.05) is 0 Å². The summed E-state index contributed by atoms with van der Waals surface area (Å²) in [5.74, 6) is 0.613. The van der Waals surface area contributed by atoms with Crippen LogP contribution in [0.3, 0.4) is 0 Å². The quantitative estimate of drug-likeness (QED) is 0.563. The number of hydrogen-bond acceptors (Lipinski definition) is 1. The normalized spacial score (nSPS) is 14.6. The molecule has 0 unspecified atom stereocenters. The Kier molecular flexibility index (Phi) is 1.93. The van der Waals surface area contributed by atoms with E-state index in [9.17, 15) is 0 Å². The van der Waals surface area contributed by atoms with Gasteiger partial charge in [-0.25, -0.2) is 0 Å². The van der Waals surface area contributed by atoms with Crippen LogP contribution in [0, 0.1) is 0 Å². The average Bonchev–Trinajstić information content (AvgIpc) is 2.49. The SMILES string of the molecule is CC(C)c1cccc2c1COB2. The van der Waals surface area contributed by atoms with Gasteiger partial charge in [-0.1, -0.05) is 32.0 Å². The van der Waals surface area contributed by atoms with Crippen LogP contribution in [0.5, 0.6) is 0 Å². The Bertz CT molecular complexity index is 294. The van der Waals surface area contributed by atoms with Crippen molar-refractivity contribution < 1.29 is 4.65 Å². The van der Waals surface area contributed by atoms with Gasteiger partial charge in [0.15, 0.2) is 0 Å². The van der Waals surface area contributed by atoms with Gasteiger partial charge in [-0.15, -0.1) is 0 Å².